The summed E-state index contributed by atoms with van der Waals surface area (Å²) in [4.78, 5) is 44.7. The summed E-state index contributed by atoms with van der Waals surface area (Å²) >= 11 is 1.42. The maximum Gasteiger partial charge on any atom is 0.311 e. The van der Waals surface area contributed by atoms with Gasteiger partial charge < -0.3 is 9.47 Å². The molecule has 2 heterocycles. The fourth-order valence-electron chi connectivity index (χ4n) is 3.64. The second-order valence-electron chi connectivity index (χ2n) is 7.93. The molecule has 1 atom stereocenters. The van der Waals surface area contributed by atoms with E-state index in [0.717, 1.165) is 21.7 Å². The molecular weight excluding hydrogens is 440 g/mol. The second-order valence-corrected chi connectivity index (χ2v) is 9.11. The van der Waals surface area contributed by atoms with Crippen molar-refractivity contribution in [3.63, 3.8) is 0 Å². The van der Waals surface area contributed by atoms with E-state index in [2.05, 4.69) is 4.98 Å². The number of carbonyl (C=O) groups is 3. The van der Waals surface area contributed by atoms with E-state index in [1.807, 2.05) is 38.1 Å². The third-order valence-corrected chi connectivity index (χ3v) is 6.55. The van der Waals surface area contributed by atoms with Gasteiger partial charge in [0.1, 0.15) is 5.75 Å². The fraction of sp³-hybridized carbons (Fsp3) is 0.280. The molecule has 1 fully saturated rings. The summed E-state index contributed by atoms with van der Waals surface area (Å²) in [6.45, 7) is 3.81. The lowest BCUT2D eigenvalue weighted by Gasteiger charge is -2.13. The van der Waals surface area contributed by atoms with Gasteiger partial charge >= 0.3 is 5.97 Å². The molecule has 1 aliphatic heterocycles. The highest BCUT2D eigenvalue weighted by Crippen LogP contribution is 2.35. The minimum Gasteiger partial charge on any atom is -0.497 e. The summed E-state index contributed by atoms with van der Waals surface area (Å²) < 4.78 is 10.3. The van der Waals surface area contributed by atoms with Gasteiger partial charge in [0.2, 0.25) is 5.91 Å². The number of esters is 1. The van der Waals surface area contributed by atoms with E-state index < -0.39 is 11.9 Å². The van der Waals surface area contributed by atoms with Crippen LogP contribution in [0.1, 0.15) is 27.2 Å². The first-order valence-electron chi connectivity index (χ1n) is 10.5. The van der Waals surface area contributed by atoms with Crippen LogP contribution in [0, 0.1) is 19.8 Å². The number of aromatic nitrogens is 1. The molecule has 7 nitrogen and oxygen atoms in total. The van der Waals surface area contributed by atoms with E-state index in [1.54, 1.807) is 31.4 Å². The molecule has 0 spiro atoms. The van der Waals surface area contributed by atoms with Crippen LogP contribution in [-0.2, 0) is 14.3 Å². The molecule has 1 amide bonds. The van der Waals surface area contributed by atoms with Crippen LogP contribution >= 0.6 is 11.3 Å². The number of anilines is 1. The topological polar surface area (TPSA) is 85.8 Å². The van der Waals surface area contributed by atoms with Crippen LogP contribution in [0.15, 0.2) is 48.5 Å². The lowest BCUT2D eigenvalue weighted by molar-refractivity contribution is -0.147. The molecule has 170 valence electrons. The number of carbonyl (C=O) groups excluding carboxylic acids is 3. The summed E-state index contributed by atoms with van der Waals surface area (Å²) in [5.74, 6) is -1.04. The zero-order chi connectivity index (χ0) is 23.5. The Hall–Kier alpha value is -3.52. The molecule has 0 unspecified atom stereocenters. The van der Waals surface area contributed by atoms with Crippen LogP contribution in [0.25, 0.3) is 11.3 Å². The van der Waals surface area contributed by atoms with E-state index >= 15 is 0 Å². The molecule has 0 radical (unpaired) electrons. The Labute approximate surface area is 196 Å². The van der Waals surface area contributed by atoms with Crippen molar-refractivity contribution < 1.29 is 23.9 Å². The van der Waals surface area contributed by atoms with E-state index in [4.69, 9.17) is 9.47 Å². The number of benzene rings is 2. The monoisotopic (exact) mass is 464 g/mol. The van der Waals surface area contributed by atoms with E-state index in [0.29, 0.717) is 16.4 Å². The molecule has 0 bridgehead atoms. The van der Waals surface area contributed by atoms with Crippen LogP contribution in [-0.4, -0.2) is 42.9 Å². The number of amides is 1. The van der Waals surface area contributed by atoms with E-state index in [9.17, 15) is 14.4 Å². The predicted molar refractivity (Wildman–Crippen MR) is 126 cm³/mol. The molecule has 1 saturated heterocycles. The van der Waals surface area contributed by atoms with Gasteiger partial charge in [0, 0.05) is 29.0 Å². The number of Topliss-reactive ketones (excluding diaryl/α,β-unsaturated/α-hetero) is 1. The van der Waals surface area contributed by atoms with Crippen LogP contribution in [0.3, 0.4) is 0 Å². The number of methoxy groups -OCH3 is 1. The Kier molecular flexibility index (Phi) is 6.55. The number of thiazole rings is 1. The molecule has 0 N–H and O–H groups in total. The maximum atomic E-state index is 12.6. The largest absolute Gasteiger partial charge is 0.497 e. The van der Waals surface area contributed by atoms with Gasteiger partial charge in [-0.15, -0.1) is 11.3 Å². The number of hydrogen-bond donors (Lipinski definition) is 0. The van der Waals surface area contributed by atoms with Crippen LogP contribution in [0.4, 0.5) is 5.13 Å². The minimum atomic E-state index is -0.631. The van der Waals surface area contributed by atoms with Gasteiger partial charge in [-0.3, -0.25) is 19.3 Å². The lowest BCUT2D eigenvalue weighted by atomic mass is 10.1. The van der Waals surface area contributed by atoms with Crippen LogP contribution in [0.2, 0.25) is 0 Å². The highest BCUT2D eigenvalue weighted by molar-refractivity contribution is 7.16. The molecule has 8 heteroatoms. The number of ether oxygens (including phenoxy) is 2. The fourth-order valence-corrected chi connectivity index (χ4v) is 4.60. The Balaban J connectivity index is 1.38. The van der Waals surface area contributed by atoms with Crippen molar-refractivity contribution in [1.29, 1.82) is 0 Å². The van der Waals surface area contributed by atoms with E-state index in [1.165, 1.54) is 16.2 Å². The van der Waals surface area contributed by atoms with Crippen molar-refractivity contribution in [3.05, 3.63) is 64.5 Å². The van der Waals surface area contributed by atoms with Crippen molar-refractivity contribution in [2.75, 3.05) is 25.2 Å². The van der Waals surface area contributed by atoms with Crippen molar-refractivity contribution in [3.8, 4) is 17.0 Å². The van der Waals surface area contributed by atoms with Gasteiger partial charge in [-0.05, 0) is 38.1 Å². The third-order valence-electron chi connectivity index (χ3n) is 5.56. The number of aryl methyl sites for hydroxylation is 2. The smallest absolute Gasteiger partial charge is 0.311 e. The average Bonchev–Trinajstić information content (AvgIpc) is 3.40. The van der Waals surface area contributed by atoms with Gasteiger partial charge in [-0.2, -0.15) is 0 Å². The molecule has 4 rings (SSSR count). The molecular formula is C25H24N2O5S. The van der Waals surface area contributed by atoms with Crippen LogP contribution < -0.4 is 9.64 Å². The Bertz CT molecular complexity index is 1180. The Morgan fingerprint density at radius 3 is 2.45 bits per heavy atom. The SMILES string of the molecule is COc1ccc(C(=O)COC(=O)[C@@H]2CC(=O)N(c3nc(-c4ccc(C)cc4)c(C)s3)C2)cc1. The summed E-state index contributed by atoms with van der Waals surface area (Å²) in [7, 11) is 1.54. The lowest BCUT2D eigenvalue weighted by Crippen LogP contribution is -2.27. The summed E-state index contributed by atoms with van der Waals surface area (Å²) in [5.41, 5.74) is 3.40. The van der Waals surface area contributed by atoms with Crippen molar-refractivity contribution in [2.45, 2.75) is 20.3 Å². The molecule has 1 aliphatic rings. The van der Waals surface area contributed by atoms with Crippen molar-refractivity contribution in [2.24, 2.45) is 5.92 Å². The first-order chi connectivity index (χ1) is 15.9. The Morgan fingerprint density at radius 1 is 1.09 bits per heavy atom. The number of nitrogens with zero attached hydrogens (tertiary/aromatic N) is 2. The normalized spacial score (nSPS) is 15.5. The quantitative estimate of drug-likeness (QED) is 0.385. The van der Waals surface area contributed by atoms with Crippen LogP contribution in [0.5, 0.6) is 5.75 Å². The van der Waals surface area contributed by atoms with Gasteiger partial charge in [0.15, 0.2) is 17.5 Å². The standard InChI is InChI=1S/C25H24N2O5S/c1-15-4-6-18(7-5-15)23-16(2)33-25(26-23)27-13-19(12-22(27)29)24(30)32-14-21(28)17-8-10-20(31-3)11-9-17/h4-11,19H,12-14H2,1-3H3/t19-/m1/s1. The molecule has 2 aromatic carbocycles. The van der Waals surface area contributed by atoms with E-state index in [-0.39, 0.29) is 31.3 Å². The highest BCUT2D eigenvalue weighted by Gasteiger charge is 2.38. The molecule has 0 saturated carbocycles. The molecule has 1 aromatic heterocycles. The van der Waals surface area contributed by atoms with Crippen molar-refractivity contribution >= 4 is 34.1 Å². The maximum absolute atomic E-state index is 12.6. The molecule has 3 aromatic rings. The van der Waals surface area contributed by atoms with Gasteiger partial charge in [-0.1, -0.05) is 29.8 Å². The minimum absolute atomic E-state index is 0.0358. The average molecular weight is 465 g/mol. The zero-order valence-corrected chi connectivity index (χ0v) is 19.5. The highest BCUT2D eigenvalue weighted by atomic mass is 32.1. The van der Waals surface area contributed by atoms with Crippen molar-refractivity contribution in [1.82, 2.24) is 4.98 Å². The van der Waals surface area contributed by atoms with Gasteiger partial charge in [0.05, 0.1) is 18.7 Å². The second kappa shape index (κ2) is 9.54. The Morgan fingerprint density at radius 2 is 1.79 bits per heavy atom. The van der Waals surface area contributed by atoms with Gasteiger partial charge in [0.25, 0.3) is 0 Å². The molecule has 0 aliphatic carbocycles. The summed E-state index contributed by atoms with van der Waals surface area (Å²) in [6.07, 6.45) is 0.0358. The number of ketones is 1. The number of rotatable bonds is 7. The summed E-state index contributed by atoms with van der Waals surface area (Å²) in [6, 6.07) is 14.6. The predicted octanol–water partition coefficient (Wildman–Crippen LogP) is 4.21. The zero-order valence-electron chi connectivity index (χ0n) is 18.7. The first-order valence-corrected chi connectivity index (χ1v) is 11.4. The van der Waals surface area contributed by atoms with Gasteiger partial charge in [-0.25, -0.2) is 4.98 Å². The first kappa shape index (κ1) is 22.7. The third kappa shape index (κ3) is 4.96. The number of hydrogen-bond acceptors (Lipinski definition) is 7. The molecule has 33 heavy (non-hydrogen) atoms. The summed E-state index contributed by atoms with van der Waals surface area (Å²) in [5, 5.41) is 0.567.